The molecule has 1 aromatic heterocycles. The molecule has 25 heavy (non-hydrogen) atoms. The monoisotopic (exact) mass is 340 g/mol. The number of hydrogen-bond acceptors (Lipinski definition) is 3. The summed E-state index contributed by atoms with van der Waals surface area (Å²) in [5.74, 6) is 2.66. The summed E-state index contributed by atoms with van der Waals surface area (Å²) in [6.45, 7) is 7.89. The first-order chi connectivity index (χ1) is 12.1. The van der Waals surface area contributed by atoms with Crippen molar-refractivity contribution in [3.8, 4) is 0 Å². The Bertz CT molecular complexity index is 689. The summed E-state index contributed by atoms with van der Waals surface area (Å²) in [5.41, 5.74) is 1.19. The topological polar surface area (TPSA) is 58.3 Å². The Labute approximate surface area is 150 Å². The summed E-state index contributed by atoms with van der Waals surface area (Å²) >= 11 is 0. The molecule has 6 nitrogen and oxygen atoms in total. The van der Waals surface area contributed by atoms with Crippen LogP contribution in [0, 0.1) is 6.92 Å². The van der Waals surface area contributed by atoms with Gasteiger partial charge in [0.05, 0.1) is 13.1 Å². The Hall–Kier alpha value is -2.63. The second-order valence-electron chi connectivity index (χ2n) is 6.05. The standard InChI is InChI=1S/C19H28N6/c1-5-6-10-13-24(3)19(20-14-17-11-8-7-9-12-17)21-15-18-23-22-16(2)25(18)4/h5,7-9,11-12H,1,6,10,13-15H2,2-4H3,(H,20,21). The van der Waals surface area contributed by atoms with Gasteiger partial charge in [0.15, 0.2) is 11.8 Å². The summed E-state index contributed by atoms with van der Waals surface area (Å²) in [6, 6.07) is 10.3. The molecule has 1 aromatic carbocycles. The maximum absolute atomic E-state index is 4.77. The molecule has 2 rings (SSSR count). The summed E-state index contributed by atoms with van der Waals surface area (Å²) in [7, 11) is 4.03. The van der Waals surface area contributed by atoms with Gasteiger partial charge >= 0.3 is 0 Å². The Morgan fingerprint density at radius 3 is 2.72 bits per heavy atom. The van der Waals surface area contributed by atoms with Gasteiger partial charge in [-0.2, -0.15) is 0 Å². The van der Waals surface area contributed by atoms with Gasteiger partial charge in [-0.05, 0) is 25.3 Å². The third kappa shape index (κ3) is 5.74. The van der Waals surface area contributed by atoms with E-state index in [4.69, 9.17) is 4.99 Å². The number of benzene rings is 1. The number of rotatable bonds is 8. The third-order valence-corrected chi connectivity index (χ3v) is 4.10. The second kappa shape index (κ2) is 9.61. The predicted molar refractivity (Wildman–Crippen MR) is 102 cm³/mol. The SMILES string of the molecule is C=CCCCN(C)C(=NCc1ccccc1)NCc1nnc(C)n1C. The van der Waals surface area contributed by atoms with Crippen molar-refractivity contribution in [1.29, 1.82) is 0 Å². The molecule has 0 saturated carbocycles. The highest BCUT2D eigenvalue weighted by Crippen LogP contribution is 2.03. The molecule has 1 N–H and O–H groups in total. The highest BCUT2D eigenvalue weighted by molar-refractivity contribution is 5.79. The molecule has 0 aliphatic rings. The number of aliphatic imine (C=N–C) groups is 1. The van der Waals surface area contributed by atoms with Crippen LogP contribution in [0.2, 0.25) is 0 Å². The van der Waals surface area contributed by atoms with Crippen LogP contribution in [0.4, 0.5) is 0 Å². The van der Waals surface area contributed by atoms with Crippen molar-refractivity contribution in [2.75, 3.05) is 13.6 Å². The van der Waals surface area contributed by atoms with Crippen molar-refractivity contribution in [3.63, 3.8) is 0 Å². The smallest absolute Gasteiger partial charge is 0.194 e. The minimum Gasteiger partial charge on any atom is -0.349 e. The largest absolute Gasteiger partial charge is 0.349 e. The van der Waals surface area contributed by atoms with Crippen molar-refractivity contribution in [3.05, 3.63) is 60.2 Å². The lowest BCUT2D eigenvalue weighted by Crippen LogP contribution is -2.39. The highest BCUT2D eigenvalue weighted by atomic mass is 15.3. The van der Waals surface area contributed by atoms with E-state index < -0.39 is 0 Å². The number of aromatic nitrogens is 3. The van der Waals surface area contributed by atoms with Crippen LogP contribution in [0.3, 0.4) is 0 Å². The summed E-state index contributed by atoms with van der Waals surface area (Å²) in [4.78, 5) is 6.92. The molecule has 0 amide bonds. The van der Waals surface area contributed by atoms with Gasteiger partial charge in [-0.3, -0.25) is 0 Å². The Kier molecular flexibility index (Phi) is 7.19. The van der Waals surface area contributed by atoms with E-state index in [0.29, 0.717) is 13.1 Å². The van der Waals surface area contributed by atoms with E-state index in [0.717, 1.165) is 37.0 Å². The molecule has 0 unspecified atom stereocenters. The maximum atomic E-state index is 4.77. The van der Waals surface area contributed by atoms with E-state index in [1.165, 1.54) is 5.56 Å². The summed E-state index contributed by atoms with van der Waals surface area (Å²) in [6.07, 6.45) is 4.00. The minimum atomic E-state index is 0.594. The molecular weight excluding hydrogens is 312 g/mol. The fourth-order valence-electron chi connectivity index (χ4n) is 2.40. The Morgan fingerprint density at radius 2 is 2.08 bits per heavy atom. The Balaban J connectivity index is 2.04. The van der Waals surface area contributed by atoms with Crippen LogP contribution in [0.1, 0.15) is 30.1 Å². The normalized spacial score (nSPS) is 11.4. The average molecular weight is 340 g/mol. The molecule has 0 aliphatic heterocycles. The van der Waals surface area contributed by atoms with Gasteiger partial charge in [-0.25, -0.2) is 4.99 Å². The van der Waals surface area contributed by atoms with Crippen molar-refractivity contribution in [2.24, 2.45) is 12.0 Å². The van der Waals surface area contributed by atoms with Gasteiger partial charge in [0.2, 0.25) is 0 Å². The average Bonchev–Trinajstić information content (AvgIpc) is 2.95. The van der Waals surface area contributed by atoms with Gasteiger partial charge in [-0.15, -0.1) is 16.8 Å². The van der Waals surface area contributed by atoms with Gasteiger partial charge in [0.25, 0.3) is 0 Å². The van der Waals surface area contributed by atoms with E-state index in [-0.39, 0.29) is 0 Å². The van der Waals surface area contributed by atoms with Crippen molar-refractivity contribution >= 4 is 5.96 Å². The zero-order valence-corrected chi connectivity index (χ0v) is 15.4. The number of aryl methyl sites for hydroxylation is 1. The molecule has 0 spiro atoms. The zero-order chi connectivity index (χ0) is 18.1. The third-order valence-electron chi connectivity index (χ3n) is 4.10. The first-order valence-corrected chi connectivity index (χ1v) is 8.61. The number of nitrogens with zero attached hydrogens (tertiary/aromatic N) is 5. The number of nitrogens with one attached hydrogen (secondary N) is 1. The van der Waals surface area contributed by atoms with E-state index in [9.17, 15) is 0 Å². The van der Waals surface area contributed by atoms with Crippen LogP contribution < -0.4 is 5.32 Å². The number of hydrogen-bond donors (Lipinski definition) is 1. The van der Waals surface area contributed by atoms with E-state index >= 15 is 0 Å². The number of unbranched alkanes of at least 4 members (excludes halogenated alkanes) is 1. The van der Waals surface area contributed by atoms with Crippen LogP contribution in [-0.2, 0) is 20.1 Å². The molecule has 2 aromatic rings. The van der Waals surface area contributed by atoms with Crippen molar-refractivity contribution in [1.82, 2.24) is 25.0 Å². The molecule has 0 atom stereocenters. The molecule has 0 radical (unpaired) electrons. The zero-order valence-electron chi connectivity index (χ0n) is 15.4. The minimum absolute atomic E-state index is 0.594. The van der Waals surface area contributed by atoms with Crippen molar-refractivity contribution < 1.29 is 0 Å². The van der Waals surface area contributed by atoms with Gasteiger partial charge in [0, 0.05) is 20.6 Å². The molecule has 0 aliphatic carbocycles. The van der Waals surface area contributed by atoms with Gasteiger partial charge in [0.1, 0.15) is 5.82 Å². The molecule has 0 fully saturated rings. The lowest BCUT2D eigenvalue weighted by Gasteiger charge is -2.22. The molecule has 1 heterocycles. The quantitative estimate of drug-likeness (QED) is 0.347. The summed E-state index contributed by atoms with van der Waals surface area (Å²) in [5, 5.41) is 11.7. The lowest BCUT2D eigenvalue weighted by atomic mass is 10.2. The second-order valence-corrected chi connectivity index (χ2v) is 6.05. The maximum Gasteiger partial charge on any atom is 0.194 e. The predicted octanol–water partition coefficient (Wildman–Crippen LogP) is 2.67. The highest BCUT2D eigenvalue weighted by Gasteiger charge is 2.09. The lowest BCUT2D eigenvalue weighted by molar-refractivity contribution is 0.466. The number of allylic oxidation sites excluding steroid dienone is 1. The summed E-state index contributed by atoms with van der Waals surface area (Å²) < 4.78 is 1.99. The fourth-order valence-corrected chi connectivity index (χ4v) is 2.40. The van der Waals surface area contributed by atoms with Crippen LogP contribution >= 0.6 is 0 Å². The first kappa shape index (κ1) is 18.7. The van der Waals surface area contributed by atoms with Crippen molar-refractivity contribution in [2.45, 2.75) is 32.9 Å². The molecular formula is C19H28N6. The number of guanidine groups is 1. The van der Waals surface area contributed by atoms with Crippen LogP contribution in [0.25, 0.3) is 0 Å². The van der Waals surface area contributed by atoms with E-state index in [1.54, 1.807) is 0 Å². The van der Waals surface area contributed by atoms with Gasteiger partial charge < -0.3 is 14.8 Å². The molecule has 0 saturated heterocycles. The van der Waals surface area contributed by atoms with Gasteiger partial charge in [-0.1, -0.05) is 36.4 Å². The molecule has 6 heteroatoms. The first-order valence-electron chi connectivity index (χ1n) is 8.61. The van der Waals surface area contributed by atoms with Crippen LogP contribution in [0.5, 0.6) is 0 Å². The molecule has 134 valence electrons. The Morgan fingerprint density at radius 1 is 1.32 bits per heavy atom. The van der Waals surface area contributed by atoms with Crippen LogP contribution in [0.15, 0.2) is 48.0 Å². The fraction of sp³-hybridized carbons (Fsp3) is 0.421. The molecule has 0 bridgehead atoms. The van der Waals surface area contributed by atoms with E-state index in [2.05, 4.69) is 46.2 Å². The van der Waals surface area contributed by atoms with Crippen LogP contribution in [-0.4, -0.2) is 39.2 Å². The van der Waals surface area contributed by atoms with E-state index in [1.807, 2.05) is 42.8 Å².